The first-order valence-corrected chi connectivity index (χ1v) is 1.07. The first-order chi connectivity index (χ1) is 2.64. The van der Waals surface area contributed by atoms with Crippen LogP contribution in [0.15, 0.2) is 0 Å². The molecule has 0 aliphatic rings. The van der Waals surface area contributed by atoms with Crippen molar-refractivity contribution >= 4 is 31.7 Å². The average molecular weight is 215 g/mol. The van der Waals surface area contributed by atoms with Gasteiger partial charge in [0, 0.05) is 0 Å². The Balaban J connectivity index is -0.0000000417. The molecule has 0 saturated heterocycles. The molecule has 0 aromatic carbocycles. The fourth-order valence-electron chi connectivity index (χ4n) is 0. The third-order valence-electron chi connectivity index (χ3n) is 0.167. The maximum Gasteiger partial charge on any atom is 2.00 e. The Morgan fingerprint density at radius 3 is 1.00 bits per heavy atom. The van der Waals surface area contributed by atoms with Gasteiger partial charge >= 0.3 is 16.5 Å². The predicted molar refractivity (Wildman–Crippen MR) is 32.2 cm³/mol. The first-order valence-electron chi connectivity index (χ1n) is 1.07. The van der Waals surface area contributed by atoms with Crippen molar-refractivity contribution in [1.29, 1.82) is 0 Å². The van der Waals surface area contributed by atoms with Crippen molar-refractivity contribution in [2.75, 3.05) is 0 Å². The van der Waals surface area contributed by atoms with E-state index >= 15 is 0 Å². The first kappa shape index (κ1) is 22.8. The summed E-state index contributed by atoms with van der Waals surface area (Å²) >= 11 is 0. The van der Waals surface area contributed by atoms with E-state index in [1.165, 1.54) is 0 Å². The summed E-state index contributed by atoms with van der Waals surface area (Å²) in [6, 6.07) is 0. The number of carboxylic acid groups (broad SMARTS) is 2. The van der Waals surface area contributed by atoms with Gasteiger partial charge < -0.3 is 19.8 Å². The maximum absolute atomic E-state index is 8.93. The largest absolute Gasteiger partial charge is 2.00 e. The molecule has 7 heteroatoms. The van der Waals surface area contributed by atoms with Crippen LogP contribution in [-0.4, -0.2) is 11.9 Å². The quantitative estimate of drug-likeness (QED) is 0.239. The van der Waals surface area contributed by atoms with Gasteiger partial charge in [0.25, 0.3) is 0 Å². The van der Waals surface area contributed by atoms with E-state index in [1.54, 1.807) is 0 Å². The molecule has 0 N–H and O–H groups in total. The predicted octanol–water partition coefficient (Wildman–Crippen LogP) is -3.40. The topological polar surface area (TPSA) is 80.3 Å². The molecule has 58 valence electrons. The molecule has 0 spiro atoms. The van der Waals surface area contributed by atoms with Gasteiger partial charge in [-0.3, -0.25) is 0 Å². The van der Waals surface area contributed by atoms with Gasteiger partial charge in [0.1, 0.15) is 0 Å². The minimum atomic E-state index is -2.19. The fourth-order valence-corrected chi connectivity index (χ4v) is 0. The summed E-state index contributed by atoms with van der Waals surface area (Å²) in [4.78, 5) is 17.9. The van der Waals surface area contributed by atoms with Gasteiger partial charge in [0.2, 0.25) is 0 Å². The zero-order chi connectivity index (χ0) is 5.15. The summed E-state index contributed by atoms with van der Waals surface area (Å²) in [6.45, 7) is 0. The molecular formula is C2H6NiO4P2. The number of carbonyl (C=O) groups is 2. The number of aliphatic carboxylic acids is 2. The SMILES string of the molecule is O=C([O-])C(=O)[O-].P.P.[Ni+2]. The number of carbonyl (C=O) groups excluding carboxylic acids is 2. The molecule has 0 bridgehead atoms. The minimum absolute atomic E-state index is 0. The van der Waals surface area contributed by atoms with Crippen LogP contribution in [0.2, 0.25) is 0 Å². The van der Waals surface area contributed by atoms with Crippen LogP contribution in [0, 0.1) is 0 Å². The van der Waals surface area contributed by atoms with Crippen LogP contribution >= 0.6 is 19.8 Å². The summed E-state index contributed by atoms with van der Waals surface area (Å²) in [7, 11) is 0. The normalized spacial score (nSPS) is 4.89. The van der Waals surface area contributed by atoms with Gasteiger partial charge in [-0.1, -0.05) is 0 Å². The maximum atomic E-state index is 8.93. The van der Waals surface area contributed by atoms with Gasteiger partial charge in [-0.25, -0.2) is 0 Å². The fraction of sp³-hybridized carbons (Fsp3) is 0. The van der Waals surface area contributed by atoms with Crippen LogP contribution in [-0.2, 0) is 26.1 Å². The summed E-state index contributed by atoms with van der Waals surface area (Å²) in [5, 5.41) is 17.9. The molecule has 2 atom stereocenters. The Labute approximate surface area is 68.6 Å². The van der Waals surface area contributed by atoms with E-state index < -0.39 is 11.9 Å². The van der Waals surface area contributed by atoms with Gasteiger partial charge in [0.15, 0.2) is 0 Å². The van der Waals surface area contributed by atoms with E-state index in [4.69, 9.17) is 19.8 Å². The molecule has 9 heavy (non-hydrogen) atoms. The summed E-state index contributed by atoms with van der Waals surface area (Å²) in [6.07, 6.45) is 0. The van der Waals surface area contributed by atoms with Gasteiger partial charge in [0.05, 0.1) is 11.9 Å². The summed E-state index contributed by atoms with van der Waals surface area (Å²) in [5.74, 6) is -4.37. The third kappa shape index (κ3) is 17.8. The van der Waals surface area contributed by atoms with E-state index in [-0.39, 0.29) is 36.3 Å². The van der Waals surface area contributed by atoms with E-state index in [2.05, 4.69) is 0 Å². The van der Waals surface area contributed by atoms with Crippen molar-refractivity contribution in [1.82, 2.24) is 0 Å². The molecule has 0 fully saturated rings. The van der Waals surface area contributed by atoms with Crippen molar-refractivity contribution < 1.29 is 36.3 Å². The van der Waals surface area contributed by atoms with Crippen LogP contribution in [0.3, 0.4) is 0 Å². The molecule has 0 amide bonds. The van der Waals surface area contributed by atoms with E-state index in [1.807, 2.05) is 0 Å². The standard InChI is InChI=1S/C2H2O4.Ni.2H3P/c3-1(4)2(5)6;;;/h(H,3,4)(H,5,6);;2*1H3/q;+2;;/p-2. The smallest absolute Gasteiger partial charge is 0.543 e. The van der Waals surface area contributed by atoms with Gasteiger partial charge in [-0.15, -0.1) is 0 Å². The summed E-state index contributed by atoms with van der Waals surface area (Å²) in [5.41, 5.74) is 0. The van der Waals surface area contributed by atoms with Crippen molar-refractivity contribution in [2.24, 2.45) is 0 Å². The minimum Gasteiger partial charge on any atom is -0.543 e. The number of carboxylic acids is 2. The molecule has 0 aromatic heterocycles. The Bertz CT molecular complexity index is 82.6. The van der Waals surface area contributed by atoms with Gasteiger partial charge in [-0.05, 0) is 0 Å². The van der Waals surface area contributed by atoms with Crippen molar-refractivity contribution in [2.45, 2.75) is 0 Å². The number of hydrogen-bond donors (Lipinski definition) is 0. The number of hydrogen-bond acceptors (Lipinski definition) is 4. The second-order valence-corrected chi connectivity index (χ2v) is 0.575. The van der Waals surface area contributed by atoms with Crippen LogP contribution in [0.4, 0.5) is 0 Å². The monoisotopic (exact) mass is 214 g/mol. The molecule has 0 heterocycles. The molecule has 0 saturated carbocycles. The van der Waals surface area contributed by atoms with Crippen molar-refractivity contribution in [3.63, 3.8) is 0 Å². The van der Waals surface area contributed by atoms with Crippen LogP contribution in [0.25, 0.3) is 0 Å². The third-order valence-corrected chi connectivity index (χ3v) is 0.167. The summed E-state index contributed by atoms with van der Waals surface area (Å²) < 4.78 is 0. The zero-order valence-electron chi connectivity index (χ0n) is 4.36. The Kier molecular flexibility index (Phi) is 28.2. The second-order valence-electron chi connectivity index (χ2n) is 0.575. The molecule has 0 aliphatic heterocycles. The second kappa shape index (κ2) is 11.1. The van der Waals surface area contributed by atoms with E-state index in [9.17, 15) is 0 Å². The number of rotatable bonds is 0. The van der Waals surface area contributed by atoms with E-state index in [0.717, 1.165) is 0 Å². The molecule has 0 aliphatic carbocycles. The zero-order valence-corrected chi connectivity index (χ0v) is 8.18. The Morgan fingerprint density at radius 2 is 1.00 bits per heavy atom. The molecule has 0 radical (unpaired) electrons. The van der Waals surface area contributed by atoms with Crippen molar-refractivity contribution in [3.8, 4) is 0 Å². The Hall–Kier alpha value is 0.294. The van der Waals surface area contributed by atoms with E-state index in [0.29, 0.717) is 0 Å². The molecule has 0 rings (SSSR count). The molecule has 4 nitrogen and oxygen atoms in total. The van der Waals surface area contributed by atoms with Crippen molar-refractivity contribution in [3.05, 3.63) is 0 Å². The molecule has 2 unspecified atom stereocenters. The van der Waals surface area contributed by atoms with Crippen LogP contribution in [0.5, 0.6) is 0 Å². The molecular weight excluding hydrogens is 209 g/mol. The Morgan fingerprint density at radius 1 is 0.889 bits per heavy atom. The van der Waals surface area contributed by atoms with Crippen LogP contribution in [0.1, 0.15) is 0 Å². The van der Waals surface area contributed by atoms with Crippen LogP contribution < -0.4 is 10.2 Å². The molecule has 0 aromatic rings. The average Bonchev–Trinajstić information content (AvgIpc) is 1.36. The van der Waals surface area contributed by atoms with Gasteiger partial charge in [-0.2, -0.15) is 19.8 Å².